The van der Waals surface area contributed by atoms with Crippen molar-refractivity contribution in [2.24, 2.45) is 5.73 Å². The lowest BCUT2D eigenvalue weighted by molar-refractivity contribution is 0.666. The normalized spacial score (nSPS) is 12.9. The van der Waals surface area contributed by atoms with Gasteiger partial charge in [-0.25, -0.2) is 9.97 Å². The van der Waals surface area contributed by atoms with Crippen LogP contribution >= 0.6 is 11.8 Å². The predicted octanol–water partition coefficient (Wildman–Crippen LogP) is 1.78. The highest BCUT2D eigenvalue weighted by Gasteiger charge is 2.12. The second-order valence-corrected chi connectivity index (χ2v) is 5.43. The Morgan fingerprint density at radius 1 is 1.39 bits per heavy atom. The topological polar surface area (TPSA) is 70.8 Å². The number of rotatable bonds is 5. The van der Waals surface area contributed by atoms with Crippen LogP contribution in [0.1, 0.15) is 18.3 Å². The molecule has 2 aromatic rings. The molecule has 0 bridgehead atoms. The molecule has 6 heteroatoms. The van der Waals surface area contributed by atoms with Crippen molar-refractivity contribution in [3.8, 4) is 0 Å². The van der Waals surface area contributed by atoms with E-state index >= 15 is 0 Å². The summed E-state index contributed by atoms with van der Waals surface area (Å²) in [6, 6.07) is 3.92. The van der Waals surface area contributed by atoms with Gasteiger partial charge in [0.1, 0.15) is 11.6 Å². The van der Waals surface area contributed by atoms with Crippen LogP contribution in [0.25, 0.3) is 11.2 Å². The first-order valence-electron chi connectivity index (χ1n) is 5.90. The molecule has 98 valence electrons. The molecule has 0 amide bonds. The van der Waals surface area contributed by atoms with Gasteiger partial charge in [0.15, 0.2) is 5.65 Å². The van der Waals surface area contributed by atoms with Gasteiger partial charge in [-0.3, -0.25) is 0 Å². The number of aromatic nitrogens is 3. The van der Waals surface area contributed by atoms with Gasteiger partial charge in [-0.15, -0.1) is 0 Å². The number of hydrogen-bond donors (Lipinski definition) is 2. The molecule has 0 saturated carbocycles. The molecule has 2 heterocycles. The van der Waals surface area contributed by atoms with Gasteiger partial charge in [-0.1, -0.05) is 0 Å². The van der Waals surface area contributed by atoms with Crippen molar-refractivity contribution in [3.05, 3.63) is 18.0 Å². The van der Waals surface area contributed by atoms with E-state index in [1.54, 1.807) is 11.8 Å². The summed E-state index contributed by atoms with van der Waals surface area (Å²) in [7, 11) is 3.93. The van der Waals surface area contributed by atoms with Gasteiger partial charge in [0.25, 0.3) is 0 Å². The molecule has 3 N–H and O–H groups in total. The molecule has 18 heavy (non-hydrogen) atoms. The number of imidazole rings is 1. The maximum absolute atomic E-state index is 6.10. The van der Waals surface area contributed by atoms with Gasteiger partial charge in [0.2, 0.25) is 0 Å². The van der Waals surface area contributed by atoms with Crippen molar-refractivity contribution in [2.75, 3.05) is 31.0 Å². The molecule has 0 aliphatic heterocycles. The zero-order valence-corrected chi connectivity index (χ0v) is 11.8. The Balaban J connectivity index is 2.26. The third-order valence-electron chi connectivity index (χ3n) is 2.79. The largest absolute Gasteiger partial charge is 0.363 e. The average Bonchev–Trinajstić information content (AvgIpc) is 2.78. The van der Waals surface area contributed by atoms with Crippen LogP contribution in [0, 0.1) is 0 Å². The molecule has 2 rings (SSSR count). The van der Waals surface area contributed by atoms with Crippen LogP contribution in [0.5, 0.6) is 0 Å². The van der Waals surface area contributed by atoms with E-state index in [-0.39, 0.29) is 6.04 Å². The van der Waals surface area contributed by atoms with E-state index in [1.807, 2.05) is 31.1 Å². The Hall–Kier alpha value is -1.27. The Labute approximate surface area is 111 Å². The highest BCUT2D eigenvalue weighted by molar-refractivity contribution is 7.98. The van der Waals surface area contributed by atoms with Crippen molar-refractivity contribution in [2.45, 2.75) is 12.5 Å². The number of nitrogens with one attached hydrogen (secondary N) is 1. The predicted molar refractivity (Wildman–Crippen MR) is 78.1 cm³/mol. The smallest absolute Gasteiger partial charge is 0.179 e. The summed E-state index contributed by atoms with van der Waals surface area (Å²) in [4.78, 5) is 14.2. The number of hydrogen-bond acceptors (Lipinski definition) is 5. The molecular formula is C12H19N5S. The van der Waals surface area contributed by atoms with Crippen LogP contribution in [0.15, 0.2) is 12.1 Å². The molecule has 5 nitrogen and oxygen atoms in total. The quantitative estimate of drug-likeness (QED) is 0.862. The minimum absolute atomic E-state index is 0.0468. The van der Waals surface area contributed by atoms with Crippen molar-refractivity contribution >= 4 is 28.7 Å². The Morgan fingerprint density at radius 3 is 2.83 bits per heavy atom. The zero-order chi connectivity index (χ0) is 13.1. The molecule has 2 aromatic heterocycles. The van der Waals surface area contributed by atoms with Crippen LogP contribution in [-0.2, 0) is 0 Å². The van der Waals surface area contributed by atoms with Gasteiger partial charge in [-0.05, 0) is 30.6 Å². The SMILES string of the molecule is CSCCC(N)c1nc2nc(N(C)C)ccc2[nH]1. The molecule has 0 fully saturated rings. The van der Waals surface area contributed by atoms with E-state index in [0.29, 0.717) is 0 Å². The first kappa shape index (κ1) is 13.2. The second-order valence-electron chi connectivity index (χ2n) is 4.45. The van der Waals surface area contributed by atoms with Gasteiger partial charge in [0, 0.05) is 14.1 Å². The van der Waals surface area contributed by atoms with E-state index in [2.05, 4.69) is 21.2 Å². The summed E-state index contributed by atoms with van der Waals surface area (Å²) in [5.74, 6) is 2.76. The Bertz CT molecular complexity index is 522. The molecule has 0 aliphatic carbocycles. The number of pyridine rings is 1. The summed E-state index contributed by atoms with van der Waals surface area (Å²) in [5.41, 5.74) is 7.77. The van der Waals surface area contributed by atoms with Gasteiger partial charge in [0.05, 0.1) is 11.6 Å². The number of thioether (sulfide) groups is 1. The molecule has 0 aliphatic rings. The fourth-order valence-corrected chi connectivity index (χ4v) is 2.20. The highest BCUT2D eigenvalue weighted by atomic mass is 32.2. The van der Waals surface area contributed by atoms with Gasteiger partial charge < -0.3 is 15.6 Å². The van der Waals surface area contributed by atoms with Crippen LogP contribution in [0.2, 0.25) is 0 Å². The van der Waals surface area contributed by atoms with E-state index in [9.17, 15) is 0 Å². The molecule has 0 radical (unpaired) electrons. The number of nitrogens with two attached hydrogens (primary N) is 1. The molecule has 0 aromatic carbocycles. The average molecular weight is 265 g/mol. The summed E-state index contributed by atoms with van der Waals surface area (Å²) >= 11 is 1.79. The maximum atomic E-state index is 6.10. The number of H-pyrrole nitrogens is 1. The minimum Gasteiger partial charge on any atom is -0.363 e. The number of fused-ring (bicyclic) bond motifs is 1. The molecule has 1 atom stereocenters. The summed E-state index contributed by atoms with van der Waals surface area (Å²) < 4.78 is 0. The van der Waals surface area contributed by atoms with Crippen molar-refractivity contribution < 1.29 is 0 Å². The monoisotopic (exact) mass is 265 g/mol. The first-order valence-corrected chi connectivity index (χ1v) is 7.29. The van der Waals surface area contributed by atoms with Crippen molar-refractivity contribution in [1.82, 2.24) is 15.0 Å². The van der Waals surface area contributed by atoms with Crippen LogP contribution < -0.4 is 10.6 Å². The molecular weight excluding hydrogens is 246 g/mol. The minimum atomic E-state index is -0.0468. The van der Waals surface area contributed by atoms with E-state index < -0.39 is 0 Å². The summed E-state index contributed by atoms with van der Waals surface area (Å²) in [6.07, 6.45) is 3.00. The zero-order valence-electron chi connectivity index (χ0n) is 11.0. The third kappa shape index (κ3) is 2.76. The fourth-order valence-electron chi connectivity index (χ4n) is 1.71. The lowest BCUT2D eigenvalue weighted by atomic mass is 10.2. The molecule has 0 spiro atoms. The fraction of sp³-hybridized carbons (Fsp3) is 0.500. The Kier molecular flexibility index (Phi) is 4.08. The standard InChI is InChI=1S/C12H19N5S/c1-17(2)10-5-4-9-12(15-10)16-11(14-9)8(13)6-7-18-3/h4-5,8H,6-7,13H2,1-3H3,(H,14,15,16). The van der Waals surface area contributed by atoms with Crippen molar-refractivity contribution in [3.63, 3.8) is 0 Å². The first-order chi connectivity index (χ1) is 8.61. The lowest BCUT2D eigenvalue weighted by Gasteiger charge is -2.09. The van der Waals surface area contributed by atoms with E-state index in [4.69, 9.17) is 5.73 Å². The van der Waals surface area contributed by atoms with Crippen molar-refractivity contribution in [1.29, 1.82) is 0 Å². The van der Waals surface area contributed by atoms with Crippen LogP contribution in [0.4, 0.5) is 5.82 Å². The Morgan fingerprint density at radius 2 is 2.17 bits per heavy atom. The number of anilines is 1. The lowest BCUT2D eigenvalue weighted by Crippen LogP contribution is -2.12. The summed E-state index contributed by atoms with van der Waals surface area (Å²) in [5, 5.41) is 0. The van der Waals surface area contributed by atoms with Gasteiger partial charge >= 0.3 is 0 Å². The van der Waals surface area contributed by atoms with E-state index in [1.165, 1.54) is 0 Å². The highest BCUT2D eigenvalue weighted by Crippen LogP contribution is 2.19. The summed E-state index contributed by atoms with van der Waals surface area (Å²) in [6.45, 7) is 0. The molecule has 1 unspecified atom stereocenters. The number of nitrogens with zero attached hydrogens (tertiary/aromatic N) is 3. The van der Waals surface area contributed by atoms with E-state index in [0.717, 1.165) is 35.0 Å². The maximum Gasteiger partial charge on any atom is 0.179 e. The second kappa shape index (κ2) is 5.58. The van der Waals surface area contributed by atoms with Crippen LogP contribution in [0.3, 0.4) is 0 Å². The van der Waals surface area contributed by atoms with Gasteiger partial charge in [-0.2, -0.15) is 11.8 Å². The molecule has 0 saturated heterocycles. The third-order valence-corrected chi connectivity index (χ3v) is 3.44. The van der Waals surface area contributed by atoms with Crippen LogP contribution in [-0.4, -0.2) is 41.1 Å². The number of aromatic amines is 1.